The van der Waals surface area contributed by atoms with Crippen LogP contribution in [0.3, 0.4) is 0 Å². The molecule has 0 aliphatic carbocycles. The van der Waals surface area contributed by atoms with Gasteiger partial charge in [0, 0.05) is 22.0 Å². The highest BCUT2D eigenvalue weighted by molar-refractivity contribution is 6.03. The Kier molecular flexibility index (Phi) is 4.22. The Bertz CT molecular complexity index is 1290. The first-order valence-electron chi connectivity index (χ1n) is 9.36. The van der Waals surface area contributed by atoms with E-state index in [2.05, 4.69) is 28.3 Å². The Hall–Kier alpha value is -3.70. The molecule has 5 rings (SSSR count). The Morgan fingerprint density at radius 3 is 2.34 bits per heavy atom. The van der Waals surface area contributed by atoms with Crippen LogP contribution < -0.4 is 0 Å². The van der Waals surface area contributed by atoms with Crippen molar-refractivity contribution >= 4 is 10.9 Å². The van der Waals surface area contributed by atoms with Crippen molar-refractivity contribution in [1.82, 2.24) is 14.8 Å². The number of para-hydroxylation sites is 1. The van der Waals surface area contributed by atoms with Gasteiger partial charge in [0.2, 0.25) is 0 Å². The molecule has 0 amide bonds. The molecule has 2 heterocycles. The summed E-state index contributed by atoms with van der Waals surface area (Å²) in [7, 11) is 0. The smallest absolute Gasteiger partial charge is 0.136 e. The van der Waals surface area contributed by atoms with Gasteiger partial charge in [-0.25, -0.2) is 9.07 Å². The van der Waals surface area contributed by atoms with E-state index < -0.39 is 0 Å². The van der Waals surface area contributed by atoms with Crippen molar-refractivity contribution in [3.05, 3.63) is 90.7 Å². The third-order valence-corrected chi connectivity index (χ3v) is 5.08. The molecule has 5 heteroatoms. The molecule has 0 spiro atoms. The van der Waals surface area contributed by atoms with Crippen LogP contribution in [0.4, 0.5) is 4.39 Å². The van der Waals surface area contributed by atoms with Gasteiger partial charge >= 0.3 is 0 Å². The number of H-pyrrole nitrogens is 1. The van der Waals surface area contributed by atoms with Crippen molar-refractivity contribution in [2.75, 3.05) is 0 Å². The first-order chi connectivity index (χ1) is 14.2. The normalized spacial score (nSPS) is 11.2. The highest BCUT2D eigenvalue weighted by Gasteiger charge is 2.20. The summed E-state index contributed by atoms with van der Waals surface area (Å²) < 4.78 is 14.9. The van der Waals surface area contributed by atoms with E-state index in [1.54, 1.807) is 16.8 Å². The van der Waals surface area contributed by atoms with E-state index in [9.17, 15) is 9.50 Å². The van der Waals surface area contributed by atoms with Crippen molar-refractivity contribution in [2.24, 2.45) is 0 Å². The zero-order valence-corrected chi connectivity index (χ0v) is 15.5. The number of hydrogen-bond donors (Lipinski definition) is 2. The SMILES string of the molecule is OCn1nc(-c2ccc(F)cc2)cc1-c1c(-c2ccccc2)[nH]c2ccccc12. The van der Waals surface area contributed by atoms with Gasteiger partial charge < -0.3 is 10.1 Å². The number of aliphatic hydroxyl groups excluding tert-OH is 1. The molecule has 0 bridgehead atoms. The fourth-order valence-electron chi connectivity index (χ4n) is 3.72. The summed E-state index contributed by atoms with van der Waals surface area (Å²) in [5, 5.41) is 15.6. The van der Waals surface area contributed by atoms with Crippen molar-refractivity contribution in [1.29, 1.82) is 0 Å². The van der Waals surface area contributed by atoms with E-state index in [-0.39, 0.29) is 12.5 Å². The van der Waals surface area contributed by atoms with Gasteiger partial charge in [-0.2, -0.15) is 5.10 Å². The molecular weight excluding hydrogens is 365 g/mol. The molecule has 0 aliphatic rings. The second-order valence-electron chi connectivity index (χ2n) is 6.85. The summed E-state index contributed by atoms with van der Waals surface area (Å²) in [6.45, 7) is -0.260. The number of aromatic amines is 1. The average molecular weight is 383 g/mol. The van der Waals surface area contributed by atoms with Crippen molar-refractivity contribution < 1.29 is 9.50 Å². The first kappa shape index (κ1) is 17.4. The third-order valence-electron chi connectivity index (χ3n) is 5.08. The van der Waals surface area contributed by atoms with E-state index in [4.69, 9.17) is 0 Å². The third kappa shape index (κ3) is 3.02. The molecule has 0 aliphatic heterocycles. The highest BCUT2D eigenvalue weighted by Crippen LogP contribution is 2.39. The van der Waals surface area contributed by atoms with Gasteiger partial charge in [0.1, 0.15) is 12.5 Å². The fraction of sp³-hybridized carbons (Fsp3) is 0.0417. The molecule has 4 nitrogen and oxygen atoms in total. The summed E-state index contributed by atoms with van der Waals surface area (Å²) >= 11 is 0. The number of nitrogens with one attached hydrogen (secondary N) is 1. The highest BCUT2D eigenvalue weighted by atomic mass is 19.1. The van der Waals surface area contributed by atoms with Crippen molar-refractivity contribution in [3.63, 3.8) is 0 Å². The molecule has 0 saturated carbocycles. The van der Waals surface area contributed by atoms with Crippen LogP contribution in [0.5, 0.6) is 0 Å². The van der Waals surface area contributed by atoms with E-state index >= 15 is 0 Å². The maximum atomic E-state index is 13.3. The number of fused-ring (bicyclic) bond motifs is 1. The maximum Gasteiger partial charge on any atom is 0.136 e. The van der Waals surface area contributed by atoms with Gasteiger partial charge in [-0.15, -0.1) is 0 Å². The van der Waals surface area contributed by atoms with Gasteiger partial charge in [0.15, 0.2) is 0 Å². The molecule has 2 N–H and O–H groups in total. The molecule has 0 fully saturated rings. The van der Waals surface area contributed by atoms with Crippen LogP contribution in [-0.4, -0.2) is 19.9 Å². The molecule has 142 valence electrons. The van der Waals surface area contributed by atoms with Crippen LogP contribution in [0.25, 0.3) is 44.7 Å². The number of aromatic nitrogens is 3. The predicted octanol–water partition coefficient (Wildman–Crippen LogP) is 5.45. The number of aliphatic hydroxyl groups is 1. The van der Waals surface area contributed by atoms with Crippen LogP contribution in [0.1, 0.15) is 0 Å². The standard InChI is InChI=1S/C24H18FN3O/c25-18-12-10-16(11-13-18)21-14-22(28(15-29)27-21)23-19-8-4-5-9-20(19)26-24(23)17-6-2-1-3-7-17/h1-14,26,29H,15H2. The number of hydrogen-bond acceptors (Lipinski definition) is 2. The zero-order valence-electron chi connectivity index (χ0n) is 15.5. The van der Waals surface area contributed by atoms with Crippen LogP contribution in [0, 0.1) is 5.82 Å². The Balaban J connectivity index is 1.76. The van der Waals surface area contributed by atoms with Gasteiger partial charge in [-0.1, -0.05) is 48.5 Å². The molecule has 3 aromatic carbocycles. The van der Waals surface area contributed by atoms with Gasteiger partial charge in [0.25, 0.3) is 0 Å². The summed E-state index contributed by atoms with van der Waals surface area (Å²) in [4.78, 5) is 3.51. The minimum Gasteiger partial charge on any atom is -0.374 e. The monoisotopic (exact) mass is 383 g/mol. The molecule has 0 saturated heterocycles. The average Bonchev–Trinajstić information content (AvgIpc) is 3.36. The van der Waals surface area contributed by atoms with Crippen molar-refractivity contribution in [3.8, 4) is 33.8 Å². The van der Waals surface area contributed by atoms with Crippen LogP contribution in [0.15, 0.2) is 84.9 Å². The lowest BCUT2D eigenvalue weighted by atomic mass is 10.0. The molecule has 0 radical (unpaired) electrons. The summed E-state index contributed by atoms with van der Waals surface area (Å²) in [5.41, 5.74) is 6.26. The Morgan fingerprint density at radius 2 is 1.59 bits per heavy atom. The first-order valence-corrected chi connectivity index (χ1v) is 9.36. The second kappa shape index (κ2) is 7.04. The van der Waals surface area contributed by atoms with Gasteiger partial charge in [-0.3, -0.25) is 0 Å². The largest absolute Gasteiger partial charge is 0.374 e. The van der Waals surface area contributed by atoms with Gasteiger partial charge in [0.05, 0.1) is 17.1 Å². The minimum atomic E-state index is -0.293. The fourth-order valence-corrected chi connectivity index (χ4v) is 3.72. The number of rotatable bonds is 4. The topological polar surface area (TPSA) is 53.8 Å². The van der Waals surface area contributed by atoms with Gasteiger partial charge in [-0.05, 0) is 42.0 Å². The quantitative estimate of drug-likeness (QED) is 0.433. The second-order valence-corrected chi connectivity index (χ2v) is 6.85. The van der Waals surface area contributed by atoms with Crippen molar-refractivity contribution in [2.45, 2.75) is 6.73 Å². The minimum absolute atomic E-state index is 0.260. The van der Waals surface area contributed by atoms with E-state index in [1.165, 1.54) is 12.1 Å². The molecule has 5 aromatic rings. The Labute approximate surface area is 166 Å². The number of nitrogens with zero attached hydrogens (tertiary/aromatic N) is 2. The lowest BCUT2D eigenvalue weighted by Gasteiger charge is -2.07. The predicted molar refractivity (Wildman–Crippen MR) is 113 cm³/mol. The number of halogens is 1. The molecule has 0 atom stereocenters. The van der Waals surface area contributed by atoms with E-state index in [0.717, 1.165) is 39.0 Å². The van der Waals surface area contributed by atoms with E-state index in [0.29, 0.717) is 5.69 Å². The summed E-state index contributed by atoms with van der Waals surface area (Å²) in [5.74, 6) is -0.293. The molecule has 29 heavy (non-hydrogen) atoms. The van der Waals surface area contributed by atoms with Crippen LogP contribution in [-0.2, 0) is 6.73 Å². The molecular formula is C24H18FN3O. The molecule has 2 aromatic heterocycles. The van der Waals surface area contributed by atoms with E-state index in [1.807, 2.05) is 42.5 Å². The summed E-state index contributed by atoms with van der Waals surface area (Å²) in [6.07, 6.45) is 0. The lowest BCUT2D eigenvalue weighted by Crippen LogP contribution is -2.01. The molecule has 0 unspecified atom stereocenters. The maximum absolute atomic E-state index is 13.3. The number of benzene rings is 3. The Morgan fingerprint density at radius 1 is 0.862 bits per heavy atom. The summed E-state index contributed by atoms with van der Waals surface area (Å²) in [6, 6.07) is 26.3. The lowest BCUT2D eigenvalue weighted by molar-refractivity contribution is 0.197. The zero-order chi connectivity index (χ0) is 19.8. The van der Waals surface area contributed by atoms with Crippen LogP contribution in [0.2, 0.25) is 0 Å². The van der Waals surface area contributed by atoms with Crippen LogP contribution >= 0.6 is 0 Å².